The molecule has 0 aliphatic rings. The fourth-order valence-corrected chi connectivity index (χ4v) is 3.01. The van der Waals surface area contributed by atoms with Crippen LogP contribution >= 0.6 is 0 Å². The third kappa shape index (κ3) is 6.77. The number of benzene rings is 1. The number of amides is 1. The van der Waals surface area contributed by atoms with Crippen LogP contribution in [0.25, 0.3) is 10.9 Å². The van der Waals surface area contributed by atoms with Crippen molar-refractivity contribution < 1.29 is 33.8 Å². The number of H-pyrrole nitrogens is 1. The van der Waals surface area contributed by atoms with E-state index in [1.165, 1.54) is 0 Å². The van der Waals surface area contributed by atoms with Crippen molar-refractivity contribution in [1.82, 2.24) is 10.3 Å². The summed E-state index contributed by atoms with van der Waals surface area (Å²) < 4.78 is 10.4. The number of ketones is 1. The molecule has 1 amide bonds. The molecule has 0 fully saturated rings. The Morgan fingerprint density at radius 2 is 2.06 bits per heavy atom. The van der Waals surface area contributed by atoms with Crippen LogP contribution in [0.4, 0.5) is 0 Å². The summed E-state index contributed by atoms with van der Waals surface area (Å²) in [7, 11) is 1.55. The Morgan fingerprint density at radius 1 is 1.32 bits per heavy atom. The molecular weight excluding hydrogens is 404 g/mol. The van der Waals surface area contributed by atoms with E-state index in [2.05, 4.69) is 15.1 Å². The van der Waals surface area contributed by atoms with Crippen molar-refractivity contribution in [3.8, 4) is 5.75 Å². The molecule has 0 bridgehead atoms. The first-order chi connectivity index (χ1) is 14.7. The van der Waals surface area contributed by atoms with Crippen LogP contribution in [0.2, 0.25) is 0 Å². The number of Topliss-reactive ketones (excluding diaryl/α,β-unsaturated/α-hetero) is 1. The number of aliphatic hydroxyl groups is 1. The van der Waals surface area contributed by atoms with Crippen molar-refractivity contribution in [2.24, 2.45) is 0 Å². The Labute approximate surface area is 179 Å². The van der Waals surface area contributed by atoms with Crippen LogP contribution in [-0.4, -0.2) is 64.1 Å². The minimum Gasteiger partial charge on any atom is -0.497 e. The second kappa shape index (κ2) is 11.1. The van der Waals surface area contributed by atoms with Crippen molar-refractivity contribution in [3.05, 3.63) is 30.0 Å². The number of aliphatic hydroxyl groups excluding tert-OH is 1. The number of methoxy groups -OCH3 is 1. The fourth-order valence-electron chi connectivity index (χ4n) is 3.01. The lowest BCUT2D eigenvalue weighted by molar-refractivity contribution is -0.152. The molecular formula is C21H27N4O6+. The van der Waals surface area contributed by atoms with Gasteiger partial charge in [-0.3, -0.25) is 9.59 Å². The summed E-state index contributed by atoms with van der Waals surface area (Å²) in [4.78, 5) is 42.4. The molecule has 0 spiro atoms. The van der Waals surface area contributed by atoms with Crippen molar-refractivity contribution in [2.75, 3.05) is 7.11 Å². The molecule has 2 rings (SSSR count). The third-order valence-electron chi connectivity index (χ3n) is 4.53. The topological polar surface area (TPSA) is 156 Å². The second-order valence-corrected chi connectivity index (χ2v) is 7.26. The average molecular weight is 431 g/mol. The van der Waals surface area contributed by atoms with Crippen molar-refractivity contribution >= 4 is 34.8 Å². The minimum absolute atomic E-state index is 0.00931. The normalized spacial score (nSPS) is 12.7. The zero-order chi connectivity index (χ0) is 23.0. The molecule has 0 saturated heterocycles. The Morgan fingerprint density at radius 3 is 2.71 bits per heavy atom. The van der Waals surface area contributed by atoms with E-state index in [0.29, 0.717) is 11.3 Å². The summed E-state index contributed by atoms with van der Waals surface area (Å²) in [5.41, 5.74) is 8.22. The van der Waals surface area contributed by atoms with Crippen molar-refractivity contribution in [3.63, 3.8) is 0 Å². The van der Waals surface area contributed by atoms with Gasteiger partial charge < -0.3 is 24.9 Å². The van der Waals surface area contributed by atoms with Gasteiger partial charge in [0.25, 0.3) is 0 Å². The summed E-state index contributed by atoms with van der Waals surface area (Å²) in [6, 6.07) is 4.31. The summed E-state index contributed by atoms with van der Waals surface area (Å²) in [6.45, 7) is 3.32. The number of carbonyl (C=O) groups excluding carboxylic acids is 3. The van der Waals surface area contributed by atoms with E-state index in [1.54, 1.807) is 39.3 Å². The van der Waals surface area contributed by atoms with Crippen LogP contribution in [0.5, 0.6) is 5.75 Å². The maximum atomic E-state index is 12.6. The molecule has 166 valence electrons. The molecule has 10 heteroatoms. The number of esters is 1. The van der Waals surface area contributed by atoms with E-state index in [9.17, 15) is 19.5 Å². The van der Waals surface area contributed by atoms with Gasteiger partial charge in [0, 0.05) is 29.9 Å². The lowest BCUT2D eigenvalue weighted by Gasteiger charge is -2.20. The zero-order valence-electron chi connectivity index (χ0n) is 17.7. The van der Waals surface area contributed by atoms with Crippen molar-refractivity contribution in [1.29, 1.82) is 5.53 Å². The number of carbonyl (C=O) groups is 3. The first-order valence-corrected chi connectivity index (χ1v) is 9.80. The zero-order valence-corrected chi connectivity index (χ0v) is 17.7. The molecule has 2 aromatic rings. The standard InChI is InChI=1S/C21H26N4O6/c1-12(2)31-21(29)18(6-4-14(26)11-24-22)25-20(28)19(27)8-13-10-23-17-7-5-15(30-3)9-16(13)17/h5,7,9-12,18-19,22-23,27H,4,6,8H2,1-3H3/p+1/t18-,19-/m0/s1. The molecule has 0 aliphatic carbocycles. The van der Waals surface area contributed by atoms with E-state index >= 15 is 0 Å². The number of aromatic nitrogens is 1. The lowest BCUT2D eigenvalue weighted by atomic mass is 10.0. The Kier molecular flexibility index (Phi) is 8.48. The fraction of sp³-hybridized carbons (Fsp3) is 0.429. The molecule has 1 aromatic carbocycles. The van der Waals surface area contributed by atoms with Gasteiger partial charge in [0.1, 0.15) is 17.9 Å². The number of aromatic amines is 1. The summed E-state index contributed by atoms with van der Waals surface area (Å²) in [5.74, 6) is -1.28. The van der Waals surface area contributed by atoms with Crippen LogP contribution in [0.1, 0.15) is 32.3 Å². The number of nitrogens with zero attached hydrogens (tertiary/aromatic N) is 1. The van der Waals surface area contributed by atoms with Crippen molar-refractivity contribution in [2.45, 2.75) is 51.4 Å². The van der Waals surface area contributed by atoms with Crippen LogP contribution < -0.4 is 10.1 Å². The predicted octanol–water partition coefficient (Wildman–Crippen LogP) is 1.18. The molecule has 31 heavy (non-hydrogen) atoms. The molecule has 0 unspecified atom stereocenters. The SMILES string of the molecule is COc1ccc2[nH]cc(C[C@H](O)C(=O)N[C@@H](CCC(=O)C=[N+]=N)C(=O)OC(C)C)c2c1. The van der Waals surface area contributed by atoms with E-state index in [4.69, 9.17) is 15.0 Å². The minimum atomic E-state index is -1.43. The number of fused-ring (bicyclic) bond motifs is 1. The van der Waals surface area contributed by atoms with Gasteiger partial charge in [0.2, 0.25) is 11.7 Å². The lowest BCUT2D eigenvalue weighted by Crippen LogP contribution is -2.47. The van der Waals surface area contributed by atoms with Gasteiger partial charge in [0.15, 0.2) is 0 Å². The molecule has 4 N–H and O–H groups in total. The number of hydrogen-bond donors (Lipinski definition) is 4. The highest BCUT2D eigenvalue weighted by Crippen LogP contribution is 2.24. The van der Waals surface area contributed by atoms with E-state index in [0.717, 1.165) is 17.1 Å². The van der Waals surface area contributed by atoms with Gasteiger partial charge in [-0.25, -0.2) is 4.79 Å². The largest absolute Gasteiger partial charge is 0.497 e. The Bertz CT molecular complexity index is 993. The number of nitrogens with one attached hydrogen (secondary N) is 3. The highest BCUT2D eigenvalue weighted by atomic mass is 16.5. The quantitative estimate of drug-likeness (QED) is 0.181. The number of hydrogen-bond acceptors (Lipinski definition) is 7. The maximum Gasteiger partial charge on any atom is 0.372 e. The summed E-state index contributed by atoms with van der Waals surface area (Å²) >= 11 is 0. The molecule has 0 aliphatic heterocycles. The van der Waals surface area contributed by atoms with E-state index in [-0.39, 0.29) is 19.3 Å². The molecule has 0 radical (unpaired) electrons. The second-order valence-electron chi connectivity index (χ2n) is 7.26. The van der Waals surface area contributed by atoms with Crippen LogP contribution in [0.15, 0.2) is 24.4 Å². The van der Waals surface area contributed by atoms with Gasteiger partial charge in [-0.15, -0.1) is 0 Å². The molecule has 1 heterocycles. The van der Waals surface area contributed by atoms with Crippen LogP contribution in [0.3, 0.4) is 0 Å². The first-order valence-electron chi connectivity index (χ1n) is 9.80. The van der Waals surface area contributed by atoms with Crippen LogP contribution in [-0.2, 0) is 25.5 Å². The first kappa shape index (κ1) is 23.8. The molecule has 10 nitrogen and oxygen atoms in total. The van der Waals surface area contributed by atoms with E-state index in [1.807, 2.05) is 6.07 Å². The Hall–Kier alpha value is -3.49. The van der Waals surface area contributed by atoms with Gasteiger partial charge in [-0.2, -0.15) is 0 Å². The molecule has 2 atom stereocenters. The molecule has 1 aromatic heterocycles. The summed E-state index contributed by atoms with van der Waals surface area (Å²) in [5, 5.41) is 13.7. The maximum absolute atomic E-state index is 12.6. The van der Waals surface area contributed by atoms with Gasteiger partial charge in [0.05, 0.1) is 23.5 Å². The van der Waals surface area contributed by atoms with E-state index < -0.39 is 35.9 Å². The summed E-state index contributed by atoms with van der Waals surface area (Å²) in [6.07, 6.45) is 0.540. The van der Waals surface area contributed by atoms with Gasteiger partial charge in [-0.05, 0) is 44.0 Å². The number of rotatable bonds is 11. The monoisotopic (exact) mass is 431 g/mol. The Balaban J connectivity index is 2.09. The average Bonchev–Trinajstić information content (AvgIpc) is 3.12. The van der Waals surface area contributed by atoms with Gasteiger partial charge >= 0.3 is 12.2 Å². The highest BCUT2D eigenvalue weighted by Gasteiger charge is 2.27. The third-order valence-corrected chi connectivity index (χ3v) is 4.53. The smallest absolute Gasteiger partial charge is 0.372 e. The predicted molar refractivity (Wildman–Crippen MR) is 111 cm³/mol. The molecule has 0 saturated carbocycles. The van der Waals surface area contributed by atoms with Crippen LogP contribution in [0, 0.1) is 5.53 Å². The highest BCUT2D eigenvalue weighted by molar-refractivity contribution is 6.25. The van der Waals surface area contributed by atoms with Gasteiger partial charge in [-0.1, -0.05) is 0 Å². The number of ether oxygens (including phenoxy) is 2.